The van der Waals surface area contributed by atoms with Gasteiger partial charge in [0.1, 0.15) is 0 Å². The highest BCUT2D eigenvalue weighted by atomic mass is 15.3. The summed E-state index contributed by atoms with van der Waals surface area (Å²) < 4.78 is 2.07. The van der Waals surface area contributed by atoms with Crippen LogP contribution in [-0.4, -0.2) is 16.3 Å². The Bertz CT molecular complexity index is 392. The Hall–Kier alpha value is -1.09. The van der Waals surface area contributed by atoms with E-state index in [1.807, 2.05) is 0 Å². The van der Waals surface area contributed by atoms with Crippen molar-refractivity contribution in [2.45, 2.75) is 58.5 Å². The third-order valence-electron chi connectivity index (χ3n) is 3.77. The van der Waals surface area contributed by atoms with Gasteiger partial charge in [0.05, 0.1) is 5.69 Å². The Kier molecular flexibility index (Phi) is 5.00. The molecule has 1 heterocycles. The predicted molar refractivity (Wildman–Crippen MR) is 75.5 cm³/mol. The van der Waals surface area contributed by atoms with Crippen molar-refractivity contribution >= 4 is 0 Å². The van der Waals surface area contributed by atoms with Crippen molar-refractivity contribution in [3.8, 4) is 0 Å². The molecule has 0 radical (unpaired) electrons. The molecule has 100 valence electrons. The Balaban J connectivity index is 1.68. The molecule has 1 aromatic heterocycles. The van der Waals surface area contributed by atoms with Gasteiger partial charge in [-0.3, -0.25) is 4.68 Å². The molecule has 1 aliphatic carbocycles. The van der Waals surface area contributed by atoms with Gasteiger partial charge in [-0.2, -0.15) is 5.10 Å². The summed E-state index contributed by atoms with van der Waals surface area (Å²) in [6.07, 6.45) is 10.8. The summed E-state index contributed by atoms with van der Waals surface area (Å²) >= 11 is 0. The summed E-state index contributed by atoms with van der Waals surface area (Å²) in [6, 6.07) is 2.62. The van der Waals surface area contributed by atoms with Gasteiger partial charge < -0.3 is 5.32 Å². The molecule has 0 saturated carbocycles. The molecule has 0 spiro atoms. The van der Waals surface area contributed by atoms with Crippen LogP contribution >= 0.6 is 0 Å². The monoisotopic (exact) mass is 247 g/mol. The number of allylic oxidation sites excluding steroid dienone is 1. The lowest BCUT2D eigenvalue weighted by atomic mass is 10.2. The number of hydrogen-bond donors (Lipinski definition) is 1. The van der Waals surface area contributed by atoms with E-state index >= 15 is 0 Å². The second kappa shape index (κ2) is 6.74. The second-order valence-electron chi connectivity index (χ2n) is 5.23. The number of hydrogen-bond acceptors (Lipinski definition) is 2. The van der Waals surface area contributed by atoms with Crippen LogP contribution in [0.2, 0.25) is 0 Å². The Morgan fingerprint density at radius 1 is 1.50 bits per heavy atom. The molecule has 1 N–H and O–H groups in total. The molecule has 1 unspecified atom stereocenters. The van der Waals surface area contributed by atoms with Crippen LogP contribution in [0.15, 0.2) is 23.9 Å². The van der Waals surface area contributed by atoms with E-state index < -0.39 is 0 Å². The number of aromatic nitrogens is 2. The van der Waals surface area contributed by atoms with Gasteiger partial charge in [-0.1, -0.05) is 18.6 Å². The highest BCUT2D eigenvalue weighted by Gasteiger charge is 2.05. The standard InChI is InChI=1S/C15H25N3/c1-3-13(2)18-11-9-15(17-18)12-16-10-8-14-6-4-5-7-14/h6,9,11,13,16H,3-5,7-8,10,12H2,1-2H3. The first kappa shape index (κ1) is 13.3. The Morgan fingerprint density at radius 3 is 3.11 bits per heavy atom. The molecule has 1 aliphatic rings. The van der Waals surface area contributed by atoms with Crippen molar-refractivity contribution in [3.05, 3.63) is 29.6 Å². The molecule has 3 nitrogen and oxygen atoms in total. The molecule has 1 aromatic rings. The lowest BCUT2D eigenvalue weighted by Crippen LogP contribution is -2.16. The van der Waals surface area contributed by atoms with Crippen LogP contribution in [0.25, 0.3) is 0 Å². The smallest absolute Gasteiger partial charge is 0.0762 e. The van der Waals surface area contributed by atoms with Crippen LogP contribution in [0.4, 0.5) is 0 Å². The van der Waals surface area contributed by atoms with Crippen LogP contribution < -0.4 is 5.32 Å². The molecule has 0 aliphatic heterocycles. The third-order valence-corrected chi connectivity index (χ3v) is 3.77. The minimum atomic E-state index is 0.502. The first-order chi connectivity index (χ1) is 8.79. The molecule has 2 rings (SSSR count). The van der Waals surface area contributed by atoms with Crippen LogP contribution in [0.5, 0.6) is 0 Å². The Morgan fingerprint density at radius 2 is 2.39 bits per heavy atom. The zero-order chi connectivity index (χ0) is 12.8. The van der Waals surface area contributed by atoms with E-state index in [0.29, 0.717) is 6.04 Å². The van der Waals surface area contributed by atoms with Gasteiger partial charge in [-0.15, -0.1) is 0 Å². The van der Waals surface area contributed by atoms with Crippen molar-refractivity contribution in [1.82, 2.24) is 15.1 Å². The van der Waals surface area contributed by atoms with Crippen molar-refractivity contribution in [2.75, 3.05) is 6.54 Å². The number of nitrogens with zero attached hydrogens (tertiary/aromatic N) is 2. The minimum absolute atomic E-state index is 0.502. The van der Waals surface area contributed by atoms with E-state index in [2.05, 4.69) is 47.3 Å². The number of rotatable bonds is 7. The van der Waals surface area contributed by atoms with E-state index in [1.54, 1.807) is 5.57 Å². The predicted octanol–water partition coefficient (Wildman–Crippen LogP) is 3.44. The molecule has 0 bridgehead atoms. The van der Waals surface area contributed by atoms with Gasteiger partial charge in [0.25, 0.3) is 0 Å². The molecular formula is C15H25N3. The van der Waals surface area contributed by atoms with E-state index in [4.69, 9.17) is 0 Å². The average Bonchev–Trinajstić information content (AvgIpc) is 3.05. The van der Waals surface area contributed by atoms with E-state index in [-0.39, 0.29) is 0 Å². The van der Waals surface area contributed by atoms with E-state index in [0.717, 1.165) is 25.2 Å². The summed E-state index contributed by atoms with van der Waals surface area (Å²) in [6.45, 7) is 6.36. The summed E-state index contributed by atoms with van der Waals surface area (Å²) in [5, 5.41) is 8.07. The quantitative estimate of drug-likeness (QED) is 0.591. The maximum atomic E-state index is 4.59. The molecule has 1 atom stereocenters. The summed E-state index contributed by atoms with van der Waals surface area (Å²) in [5.41, 5.74) is 2.78. The van der Waals surface area contributed by atoms with Crippen molar-refractivity contribution < 1.29 is 0 Å². The minimum Gasteiger partial charge on any atom is -0.311 e. The average molecular weight is 247 g/mol. The van der Waals surface area contributed by atoms with Gasteiger partial charge in [-0.05, 0) is 51.6 Å². The summed E-state index contributed by atoms with van der Waals surface area (Å²) in [7, 11) is 0. The third kappa shape index (κ3) is 3.70. The topological polar surface area (TPSA) is 29.9 Å². The fourth-order valence-corrected chi connectivity index (χ4v) is 2.33. The molecule has 0 fully saturated rings. The highest BCUT2D eigenvalue weighted by molar-refractivity contribution is 5.07. The molecule has 3 heteroatoms. The zero-order valence-electron chi connectivity index (χ0n) is 11.7. The van der Waals surface area contributed by atoms with Gasteiger partial charge >= 0.3 is 0 Å². The normalized spacial score (nSPS) is 16.9. The maximum Gasteiger partial charge on any atom is 0.0762 e. The van der Waals surface area contributed by atoms with Crippen molar-refractivity contribution in [2.24, 2.45) is 0 Å². The molecule has 0 amide bonds. The fourth-order valence-electron chi connectivity index (χ4n) is 2.33. The second-order valence-corrected chi connectivity index (χ2v) is 5.23. The van der Waals surface area contributed by atoms with Gasteiger partial charge in [0, 0.05) is 18.8 Å². The van der Waals surface area contributed by atoms with Gasteiger partial charge in [0.15, 0.2) is 0 Å². The lowest BCUT2D eigenvalue weighted by molar-refractivity contribution is 0.471. The van der Waals surface area contributed by atoms with E-state index in [9.17, 15) is 0 Å². The fraction of sp³-hybridized carbons (Fsp3) is 0.667. The van der Waals surface area contributed by atoms with E-state index in [1.165, 1.54) is 25.7 Å². The van der Waals surface area contributed by atoms with Crippen molar-refractivity contribution in [1.29, 1.82) is 0 Å². The molecule has 18 heavy (non-hydrogen) atoms. The molecular weight excluding hydrogens is 222 g/mol. The van der Waals surface area contributed by atoms with Crippen LogP contribution in [0.1, 0.15) is 57.7 Å². The van der Waals surface area contributed by atoms with Crippen LogP contribution in [0, 0.1) is 0 Å². The molecule has 0 saturated heterocycles. The largest absolute Gasteiger partial charge is 0.311 e. The Labute approximate surface area is 110 Å². The number of nitrogens with one attached hydrogen (secondary N) is 1. The zero-order valence-corrected chi connectivity index (χ0v) is 11.7. The molecule has 0 aromatic carbocycles. The lowest BCUT2D eigenvalue weighted by Gasteiger charge is -2.08. The van der Waals surface area contributed by atoms with Gasteiger partial charge in [-0.25, -0.2) is 0 Å². The van der Waals surface area contributed by atoms with Gasteiger partial charge in [0.2, 0.25) is 0 Å². The maximum absolute atomic E-state index is 4.59. The van der Waals surface area contributed by atoms with Crippen molar-refractivity contribution in [3.63, 3.8) is 0 Å². The highest BCUT2D eigenvalue weighted by Crippen LogP contribution is 2.19. The SMILES string of the molecule is CCC(C)n1ccc(CNCCC2=CCCC2)n1. The first-order valence-electron chi connectivity index (χ1n) is 7.22. The summed E-state index contributed by atoms with van der Waals surface area (Å²) in [5.74, 6) is 0. The van der Waals surface area contributed by atoms with Crippen LogP contribution in [-0.2, 0) is 6.54 Å². The summed E-state index contributed by atoms with van der Waals surface area (Å²) in [4.78, 5) is 0. The van der Waals surface area contributed by atoms with Crippen LogP contribution in [0.3, 0.4) is 0 Å². The first-order valence-corrected chi connectivity index (χ1v) is 7.22.